The molecule has 0 bridgehead atoms. The summed E-state index contributed by atoms with van der Waals surface area (Å²) in [6.07, 6.45) is 2.39. The largest absolute Gasteiger partial charge is 0.467 e. The predicted molar refractivity (Wildman–Crippen MR) is 113 cm³/mol. The minimum atomic E-state index is -0.426. The van der Waals surface area contributed by atoms with Crippen LogP contribution in [0.3, 0.4) is 0 Å². The Balaban J connectivity index is 1.70. The van der Waals surface area contributed by atoms with Crippen molar-refractivity contribution in [1.82, 2.24) is 5.32 Å². The van der Waals surface area contributed by atoms with E-state index in [0.29, 0.717) is 10.6 Å². The van der Waals surface area contributed by atoms with Gasteiger partial charge in [-0.1, -0.05) is 37.3 Å². The Morgan fingerprint density at radius 1 is 1.14 bits per heavy atom. The van der Waals surface area contributed by atoms with Crippen LogP contribution in [0.1, 0.15) is 46.4 Å². The Labute approximate surface area is 173 Å². The maximum atomic E-state index is 12.6. The van der Waals surface area contributed by atoms with Crippen LogP contribution in [-0.2, 0) is 16.0 Å². The normalized spacial score (nSPS) is 11.8. The molecule has 1 atom stereocenters. The van der Waals surface area contributed by atoms with E-state index in [9.17, 15) is 9.59 Å². The molecule has 0 saturated heterocycles. The van der Waals surface area contributed by atoms with Crippen LogP contribution in [0.25, 0.3) is 0 Å². The molecule has 6 nitrogen and oxygen atoms in total. The SMILES string of the molecule is CCOC(=O)c1cc(CC)sc1NC(=O)CN[C@@H](c1ccccc1)c1ccco1. The molecule has 29 heavy (non-hydrogen) atoms. The highest BCUT2D eigenvalue weighted by molar-refractivity contribution is 7.16. The number of esters is 1. The number of furan rings is 1. The van der Waals surface area contributed by atoms with Crippen LogP contribution in [0.2, 0.25) is 0 Å². The quantitative estimate of drug-likeness (QED) is 0.509. The van der Waals surface area contributed by atoms with E-state index in [2.05, 4.69) is 10.6 Å². The summed E-state index contributed by atoms with van der Waals surface area (Å²) in [5, 5.41) is 6.59. The van der Waals surface area contributed by atoms with E-state index in [4.69, 9.17) is 9.15 Å². The molecule has 0 aliphatic carbocycles. The van der Waals surface area contributed by atoms with E-state index in [1.807, 2.05) is 49.4 Å². The van der Waals surface area contributed by atoms with Gasteiger partial charge in [0, 0.05) is 4.88 Å². The molecule has 7 heteroatoms. The van der Waals surface area contributed by atoms with E-state index >= 15 is 0 Å². The molecule has 0 aliphatic heterocycles. The third-order valence-electron chi connectivity index (χ3n) is 4.31. The van der Waals surface area contributed by atoms with Gasteiger partial charge >= 0.3 is 5.97 Å². The lowest BCUT2D eigenvalue weighted by molar-refractivity contribution is -0.115. The number of carbonyl (C=O) groups excluding carboxylic acids is 2. The number of aryl methyl sites for hydroxylation is 1. The summed E-state index contributed by atoms with van der Waals surface area (Å²) in [6, 6.07) is 15.0. The van der Waals surface area contributed by atoms with Gasteiger partial charge in [-0.3, -0.25) is 10.1 Å². The Morgan fingerprint density at radius 2 is 1.93 bits per heavy atom. The molecule has 2 heterocycles. The summed E-state index contributed by atoms with van der Waals surface area (Å²) in [7, 11) is 0. The average molecular weight is 413 g/mol. The number of hydrogen-bond donors (Lipinski definition) is 2. The van der Waals surface area contributed by atoms with Crippen molar-refractivity contribution >= 4 is 28.2 Å². The molecule has 0 unspecified atom stereocenters. The first-order chi connectivity index (χ1) is 14.1. The van der Waals surface area contributed by atoms with E-state index in [0.717, 1.165) is 22.6 Å². The van der Waals surface area contributed by atoms with Gasteiger partial charge in [-0.15, -0.1) is 11.3 Å². The average Bonchev–Trinajstić information content (AvgIpc) is 3.39. The van der Waals surface area contributed by atoms with Gasteiger partial charge in [0.1, 0.15) is 10.8 Å². The van der Waals surface area contributed by atoms with Gasteiger partial charge in [-0.2, -0.15) is 0 Å². The fraction of sp³-hybridized carbons (Fsp3) is 0.273. The van der Waals surface area contributed by atoms with Crippen LogP contribution in [0.4, 0.5) is 5.00 Å². The van der Waals surface area contributed by atoms with E-state index in [1.54, 1.807) is 19.3 Å². The van der Waals surface area contributed by atoms with Crippen LogP contribution >= 0.6 is 11.3 Å². The molecular weight excluding hydrogens is 388 g/mol. The zero-order valence-corrected chi connectivity index (χ0v) is 17.3. The molecule has 2 aromatic heterocycles. The number of hydrogen-bond acceptors (Lipinski definition) is 6. The smallest absolute Gasteiger partial charge is 0.341 e. The third-order valence-corrected chi connectivity index (χ3v) is 5.50. The highest BCUT2D eigenvalue weighted by Crippen LogP contribution is 2.29. The second kappa shape index (κ2) is 10.0. The van der Waals surface area contributed by atoms with Crippen molar-refractivity contribution in [3.8, 4) is 0 Å². The Hall–Kier alpha value is -2.90. The Morgan fingerprint density at radius 3 is 2.59 bits per heavy atom. The lowest BCUT2D eigenvalue weighted by Crippen LogP contribution is -2.31. The predicted octanol–water partition coefficient (Wildman–Crippen LogP) is 4.40. The number of thiophene rings is 1. The van der Waals surface area contributed by atoms with Gasteiger partial charge in [0.2, 0.25) is 5.91 Å². The van der Waals surface area contributed by atoms with Gasteiger partial charge in [-0.05, 0) is 37.1 Å². The molecule has 0 spiro atoms. The molecule has 1 aromatic carbocycles. The lowest BCUT2D eigenvalue weighted by atomic mass is 10.0. The highest BCUT2D eigenvalue weighted by Gasteiger charge is 2.21. The van der Waals surface area contributed by atoms with Crippen LogP contribution in [0.5, 0.6) is 0 Å². The Bertz CT molecular complexity index is 935. The van der Waals surface area contributed by atoms with E-state index < -0.39 is 5.97 Å². The van der Waals surface area contributed by atoms with Crippen LogP contribution < -0.4 is 10.6 Å². The monoisotopic (exact) mass is 412 g/mol. The molecule has 0 saturated carbocycles. The first-order valence-electron chi connectivity index (χ1n) is 9.53. The molecule has 0 radical (unpaired) electrons. The van der Waals surface area contributed by atoms with E-state index in [1.165, 1.54) is 11.3 Å². The van der Waals surface area contributed by atoms with E-state index in [-0.39, 0.29) is 25.1 Å². The van der Waals surface area contributed by atoms with Gasteiger partial charge in [0.15, 0.2) is 0 Å². The standard InChI is InChI=1S/C22H24N2O4S/c1-3-16-13-17(22(26)27-4-2)21(29-16)24-19(25)14-23-20(18-11-8-12-28-18)15-9-6-5-7-10-15/h5-13,20,23H,3-4,14H2,1-2H3,(H,24,25)/t20-/m0/s1. The third kappa shape index (κ3) is 5.34. The maximum Gasteiger partial charge on any atom is 0.341 e. The van der Waals surface area contributed by atoms with Crippen LogP contribution in [0, 0.1) is 0 Å². The summed E-state index contributed by atoms with van der Waals surface area (Å²) < 4.78 is 10.6. The minimum Gasteiger partial charge on any atom is -0.467 e. The van der Waals surface area contributed by atoms with Gasteiger partial charge in [0.25, 0.3) is 0 Å². The summed E-state index contributed by atoms with van der Waals surface area (Å²) in [6.45, 7) is 4.10. The number of rotatable bonds is 9. The first kappa shape index (κ1) is 20.8. The highest BCUT2D eigenvalue weighted by atomic mass is 32.1. The zero-order valence-electron chi connectivity index (χ0n) is 16.4. The van der Waals surface area contributed by atoms with Crippen molar-refractivity contribution < 1.29 is 18.7 Å². The second-order valence-electron chi connectivity index (χ2n) is 6.32. The molecular formula is C22H24N2O4S. The number of nitrogens with one attached hydrogen (secondary N) is 2. The first-order valence-corrected chi connectivity index (χ1v) is 10.3. The molecule has 1 amide bonds. The number of ether oxygens (including phenoxy) is 1. The molecule has 0 fully saturated rings. The molecule has 3 aromatic rings. The van der Waals surface area contributed by atoms with Crippen LogP contribution in [0.15, 0.2) is 59.2 Å². The van der Waals surface area contributed by atoms with Gasteiger partial charge in [0.05, 0.1) is 31.0 Å². The second-order valence-corrected chi connectivity index (χ2v) is 7.45. The fourth-order valence-corrected chi connectivity index (χ4v) is 3.92. The van der Waals surface area contributed by atoms with Crippen molar-refractivity contribution in [2.75, 3.05) is 18.5 Å². The zero-order chi connectivity index (χ0) is 20.6. The minimum absolute atomic E-state index is 0.0574. The summed E-state index contributed by atoms with van der Waals surface area (Å²) >= 11 is 1.39. The summed E-state index contributed by atoms with van der Waals surface area (Å²) in [5.74, 6) is 0.0533. The summed E-state index contributed by atoms with van der Waals surface area (Å²) in [4.78, 5) is 25.8. The lowest BCUT2D eigenvalue weighted by Gasteiger charge is -2.17. The number of amides is 1. The number of carbonyl (C=O) groups is 2. The van der Waals surface area contributed by atoms with Crippen molar-refractivity contribution in [3.63, 3.8) is 0 Å². The van der Waals surface area contributed by atoms with Crippen molar-refractivity contribution in [3.05, 3.63) is 76.6 Å². The molecule has 2 N–H and O–H groups in total. The molecule has 3 rings (SSSR count). The van der Waals surface area contributed by atoms with Gasteiger partial charge in [-0.25, -0.2) is 4.79 Å². The van der Waals surface area contributed by atoms with Gasteiger partial charge < -0.3 is 14.5 Å². The number of anilines is 1. The fourth-order valence-electron chi connectivity index (χ4n) is 2.92. The maximum absolute atomic E-state index is 12.6. The van der Waals surface area contributed by atoms with Crippen molar-refractivity contribution in [1.29, 1.82) is 0 Å². The Kier molecular flexibility index (Phi) is 7.21. The van der Waals surface area contributed by atoms with Crippen LogP contribution in [-0.4, -0.2) is 25.0 Å². The van der Waals surface area contributed by atoms with Crippen molar-refractivity contribution in [2.24, 2.45) is 0 Å². The van der Waals surface area contributed by atoms with Crippen molar-refractivity contribution in [2.45, 2.75) is 26.3 Å². The molecule has 152 valence electrons. The number of benzene rings is 1. The topological polar surface area (TPSA) is 80.6 Å². The summed E-state index contributed by atoms with van der Waals surface area (Å²) in [5.41, 5.74) is 1.39. The molecule has 0 aliphatic rings.